The largest absolute Gasteiger partial charge is 0.381 e. The minimum atomic E-state index is -0.466. The van der Waals surface area contributed by atoms with Gasteiger partial charge < -0.3 is 14.6 Å². The molecule has 0 amide bonds. The topological polar surface area (TPSA) is 82.2 Å². The number of halogens is 1. The summed E-state index contributed by atoms with van der Waals surface area (Å²) in [5, 5.41) is 5.14. The fraction of sp³-hybridized carbons (Fsp3) is 0.231. The molecule has 0 spiro atoms. The van der Waals surface area contributed by atoms with Crippen LogP contribution in [-0.2, 0) is 4.74 Å². The number of nitrogens with one attached hydrogen (secondary N) is 1. The summed E-state index contributed by atoms with van der Waals surface area (Å²) in [6, 6.07) is 14.9. The number of hydrogen-bond donors (Lipinski definition) is 1. The van der Waals surface area contributed by atoms with Crippen LogP contribution in [0.1, 0.15) is 25.2 Å². The molecule has 1 N–H and O–H groups in total. The minimum absolute atomic E-state index is 0.204. The lowest BCUT2D eigenvalue weighted by Crippen LogP contribution is -2.42. The molecule has 2 aliphatic rings. The van der Waals surface area contributed by atoms with Gasteiger partial charge in [0.1, 0.15) is 17.0 Å². The van der Waals surface area contributed by atoms with Crippen LogP contribution in [-0.4, -0.2) is 37.3 Å². The van der Waals surface area contributed by atoms with Gasteiger partial charge in [0.2, 0.25) is 6.29 Å². The second-order valence-corrected chi connectivity index (χ2v) is 8.83. The monoisotopic (exact) mass is 467 g/mol. The number of pyridine rings is 1. The zero-order chi connectivity index (χ0) is 23.4. The first-order valence-corrected chi connectivity index (χ1v) is 11.7. The SMILES string of the molecule is Fc1ccc2ncn(C3N=c4c(nc(-c5ccnc6ccccc56)n4C4CCOCC4)=CN3)c2c1. The molecular formula is C26H22FN7O. The highest BCUT2D eigenvalue weighted by molar-refractivity contribution is 5.92. The van der Waals surface area contributed by atoms with Crippen molar-refractivity contribution in [1.29, 1.82) is 0 Å². The molecule has 0 radical (unpaired) electrons. The first-order valence-electron chi connectivity index (χ1n) is 11.7. The van der Waals surface area contributed by atoms with E-state index in [4.69, 9.17) is 14.7 Å². The zero-order valence-corrected chi connectivity index (χ0v) is 18.8. The Balaban J connectivity index is 1.45. The van der Waals surface area contributed by atoms with E-state index in [1.54, 1.807) is 12.4 Å². The number of fused-ring (bicyclic) bond motifs is 3. The van der Waals surface area contributed by atoms with Gasteiger partial charge in [-0.15, -0.1) is 0 Å². The summed E-state index contributed by atoms with van der Waals surface area (Å²) in [6.45, 7) is 1.40. The van der Waals surface area contributed by atoms with Gasteiger partial charge in [-0.2, -0.15) is 0 Å². The second kappa shape index (κ2) is 7.99. The van der Waals surface area contributed by atoms with Crippen LogP contribution in [0.2, 0.25) is 0 Å². The van der Waals surface area contributed by atoms with E-state index in [-0.39, 0.29) is 11.9 Å². The van der Waals surface area contributed by atoms with E-state index in [0.29, 0.717) is 18.7 Å². The van der Waals surface area contributed by atoms with Crippen molar-refractivity contribution < 1.29 is 9.13 Å². The summed E-state index contributed by atoms with van der Waals surface area (Å²) in [5.41, 5.74) is 4.14. The zero-order valence-electron chi connectivity index (χ0n) is 18.8. The van der Waals surface area contributed by atoms with Gasteiger partial charge in [-0.1, -0.05) is 18.2 Å². The Morgan fingerprint density at radius 2 is 1.89 bits per heavy atom. The maximum absolute atomic E-state index is 14.0. The molecule has 35 heavy (non-hydrogen) atoms. The highest BCUT2D eigenvalue weighted by atomic mass is 19.1. The lowest BCUT2D eigenvalue weighted by atomic mass is 10.1. The summed E-state index contributed by atoms with van der Waals surface area (Å²) in [6.07, 6.45) is 6.70. The van der Waals surface area contributed by atoms with Crippen LogP contribution in [0, 0.1) is 5.82 Å². The summed E-state index contributed by atoms with van der Waals surface area (Å²) in [4.78, 5) is 19.1. The lowest BCUT2D eigenvalue weighted by Gasteiger charge is -2.26. The van der Waals surface area contributed by atoms with Crippen LogP contribution in [0.3, 0.4) is 0 Å². The van der Waals surface area contributed by atoms with Crippen LogP contribution in [0.15, 0.2) is 66.0 Å². The standard InChI is InChI=1S/C26H22FN7O/c27-16-5-6-21-23(13-16)33(15-30-21)26-29-14-22-25(32-26)34(17-8-11-35-12-9-17)24(31-22)19-7-10-28-20-4-2-1-3-18(19)20/h1-7,10,13-15,17,26,29H,8-9,11-12H2. The molecule has 2 aliphatic heterocycles. The fourth-order valence-corrected chi connectivity index (χ4v) is 5.08. The molecule has 1 saturated heterocycles. The van der Waals surface area contributed by atoms with Gasteiger partial charge in [-0.3, -0.25) is 9.55 Å². The van der Waals surface area contributed by atoms with E-state index in [1.807, 2.05) is 41.2 Å². The highest BCUT2D eigenvalue weighted by Crippen LogP contribution is 2.29. The highest BCUT2D eigenvalue weighted by Gasteiger charge is 2.25. The Labute approximate surface area is 199 Å². The first kappa shape index (κ1) is 20.3. The van der Waals surface area contributed by atoms with Crippen LogP contribution >= 0.6 is 0 Å². The van der Waals surface area contributed by atoms with Crippen molar-refractivity contribution in [2.75, 3.05) is 13.2 Å². The van der Waals surface area contributed by atoms with Gasteiger partial charge >= 0.3 is 0 Å². The number of hydrogen-bond acceptors (Lipinski definition) is 6. The van der Waals surface area contributed by atoms with Gasteiger partial charge in [0.15, 0.2) is 5.49 Å². The van der Waals surface area contributed by atoms with E-state index < -0.39 is 6.29 Å². The summed E-state index contributed by atoms with van der Waals surface area (Å²) < 4.78 is 23.8. The molecule has 9 heteroatoms. The summed E-state index contributed by atoms with van der Waals surface area (Å²) in [7, 11) is 0. The molecule has 0 saturated carbocycles. The van der Waals surface area contributed by atoms with Crippen molar-refractivity contribution >= 4 is 28.1 Å². The maximum atomic E-state index is 14.0. The quantitative estimate of drug-likeness (QED) is 0.441. The van der Waals surface area contributed by atoms with E-state index >= 15 is 0 Å². The van der Waals surface area contributed by atoms with Crippen LogP contribution in [0.5, 0.6) is 0 Å². The van der Waals surface area contributed by atoms with Crippen molar-refractivity contribution in [2.24, 2.45) is 4.99 Å². The molecule has 1 unspecified atom stereocenters. The predicted octanol–water partition coefficient (Wildman–Crippen LogP) is 3.06. The number of para-hydroxylation sites is 1. The molecule has 0 bridgehead atoms. The Morgan fingerprint density at radius 3 is 2.80 bits per heavy atom. The van der Waals surface area contributed by atoms with Crippen molar-refractivity contribution in [2.45, 2.75) is 25.2 Å². The van der Waals surface area contributed by atoms with Gasteiger partial charge in [0, 0.05) is 42.6 Å². The van der Waals surface area contributed by atoms with E-state index in [0.717, 1.165) is 51.5 Å². The Kier molecular flexibility index (Phi) is 4.63. The number of benzene rings is 2. The molecule has 5 heterocycles. The molecule has 2 aromatic carbocycles. The average Bonchev–Trinajstić information content (AvgIpc) is 3.49. The van der Waals surface area contributed by atoms with Crippen molar-refractivity contribution in [3.8, 4) is 11.4 Å². The van der Waals surface area contributed by atoms with Crippen molar-refractivity contribution in [1.82, 2.24) is 29.4 Å². The number of imidazole rings is 2. The Bertz CT molecular complexity index is 1700. The molecule has 174 valence electrons. The van der Waals surface area contributed by atoms with Gasteiger partial charge in [-0.05, 0) is 43.2 Å². The van der Waals surface area contributed by atoms with Crippen molar-refractivity contribution in [3.63, 3.8) is 0 Å². The third-order valence-electron chi connectivity index (χ3n) is 6.77. The van der Waals surface area contributed by atoms with Crippen LogP contribution in [0.25, 0.3) is 39.5 Å². The lowest BCUT2D eigenvalue weighted by molar-refractivity contribution is 0.0689. The van der Waals surface area contributed by atoms with E-state index in [1.165, 1.54) is 12.1 Å². The predicted molar refractivity (Wildman–Crippen MR) is 129 cm³/mol. The molecule has 0 aliphatic carbocycles. The van der Waals surface area contributed by atoms with Gasteiger partial charge in [-0.25, -0.2) is 19.4 Å². The summed E-state index contributed by atoms with van der Waals surface area (Å²) in [5.74, 6) is 0.559. The average molecular weight is 468 g/mol. The normalized spacial score (nSPS) is 18.1. The molecule has 8 nitrogen and oxygen atoms in total. The number of ether oxygens (including phenoxy) is 1. The van der Waals surface area contributed by atoms with E-state index in [9.17, 15) is 4.39 Å². The molecular weight excluding hydrogens is 445 g/mol. The van der Waals surface area contributed by atoms with Gasteiger partial charge in [0.25, 0.3) is 0 Å². The third-order valence-corrected chi connectivity index (χ3v) is 6.77. The molecule has 7 rings (SSSR count). The second-order valence-electron chi connectivity index (χ2n) is 8.83. The van der Waals surface area contributed by atoms with Crippen LogP contribution < -0.4 is 16.2 Å². The van der Waals surface area contributed by atoms with Crippen LogP contribution in [0.4, 0.5) is 4.39 Å². The third kappa shape index (κ3) is 3.30. The number of aromatic nitrogens is 5. The smallest absolute Gasteiger partial charge is 0.203 e. The van der Waals surface area contributed by atoms with Gasteiger partial charge in [0.05, 0.1) is 22.9 Å². The molecule has 1 fully saturated rings. The van der Waals surface area contributed by atoms with Crippen molar-refractivity contribution in [3.05, 3.63) is 77.7 Å². The first-order chi connectivity index (χ1) is 17.3. The molecule has 3 aromatic heterocycles. The Morgan fingerprint density at radius 1 is 1.00 bits per heavy atom. The van der Waals surface area contributed by atoms with E-state index in [2.05, 4.69) is 25.9 Å². The minimum Gasteiger partial charge on any atom is -0.381 e. The maximum Gasteiger partial charge on any atom is 0.203 e. The number of nitrogens with zero attached hydrogens (tertiary/aromatic N) is 6. The molecule has 1 atom stereocenters. The summed E-state index contributed by atoms with van der Waals surface area (Å²) >= 11 is 0. The molecule has 5 aromatic rings. The Hall–Kier alpha value is -4.11. The number of rotatable bonds is 3. The fourth-order valence-electron chi connectivity index (χ4n) is 5.08.